The molecule has 0 spiro atoms. The molecule has 1 aromatic carbocycles. The SMILES string of the molecule is CCCOc1cc(N(C)C(C)COC)ccc1N. The van der Waals surface area contributed by atoms with Crippen molar-refractivity contribution in [1.29, 1.82) is 0 Å². The number of methoxy groups -OCH3 is 1. The second-order valence-corrected chi connectivity index (χ2v) is 4.49. The largest absolute Gasteiger partial charge is 0.491 e. The summed E-state index contributed by atoms with van der Waals surface area (Å²) < 4.78 is 10.8. The summed E-state index contributed by atoms with van der Waals surface area (Å²) in [4.78, 5) is 2.15. The van der Waals surface area contributed by atoms with Crippen LogP contribution in [0.5, 0.6) is 5.75 Å². The minimum Gasteiger partial charge on any atom is -0.491 e. The van der Waals surface area contributed by atoms with Gasteiger partial charge in [-0.25, -0.2) is 0 Å². The van der Waals surface area contributed by atoms with Crippen LogP contribution in [0.15, 0.2) is 18.2 Å². The van der Waals surface area contributed by atoms with Crippen molar-refractivity contribution in [2.75, 3.05) is 38.0 Å². The van der Waals surface area contributed by atoms with Gasteiger partial charge in [-0.15, -0.1) is 0 Å². The van der Waals surface area contributed by atoms with E-state index in [9.17, 15) is 0 Å². The Morgan fingerprint density at radius 3 is 2.72 bits per heavy atom. The number of rotatable bonds is 7. The molecule has 0 fully saturated rings. The van der Waals surface area contributed by atoms with Crippen molar-refractivity contribution < 1.29 is 9.47 Å². The third kappa shape index (κ3) is 3.81. The molecule has 0 heterocycles. The van der Waals surface area contributed by atoms with Gasteiger partial charge in [-0.05, 0) is 25.5 Å². The first kappa shape index (κ1) is 14.6. The van der Waals surface area contributed by atoms with Crippen LogP contribution in [0.3, 0.4) is 0 Å². The Morgan fingerprint density at radius 2 is 2.11 bits per heavy atom. The summed E-state index contributed by atoms with van der Waals surface area (Å²) in [5, 5.41) is 0. The van der Waals surface area contributed by atoms with Crippen LogP contribution in [-0.2, 0) is 4.74 Å². The van der Waals surface area contributed by atoms with Crippen LogP contribution in [0.2, 0.25) is 0 Å². The first-order valence-electron chi connectivity index (χ1n) is 6.34. The molecule has 0 radical (unpaired) electrons. The first-order valence-corrected chi connectivity index (χ1v) is 6.34. The van der Waals surface area contributed by atoms with E-state index in [4.69, 9.17) is 15.2 Å². The molecule has 0 aromatic heterocycles. The summed E-state index contributed by atoms with van der Waals surface area (Å²) in [5.74, 6) is 0.755. The van der Waals surface area contributed by atoms with E-state index in [0.29, 0.717) is 24.9 Å². The van der Waals surface area contributed by atoms with E-state index in [1.54, 1.807) is 7.11 Å². The number of ether oxygens (including phenoxy) is 2. The fraction of sp³-hybridized carbons (Fsp3) is 0.571. The van der Waals surface area contributed by atoms with Gasteiger partial charge >= 0.3 is 0 Å². The highest BCUT2D eigenvalue weighted by atomic mass is 16.5. The van der Waals surface area contributed by atoms with E-state index in [1.807, 2.05) is 25.2 Å². The van der Waals surface area contributed by atoms with Gasteiger partial charge < -0.3 is 20.1 Å². The third-order valence-corrected chi connectivity index (χ3v) is 2.94. The molecule has 1 unspecified atom stereocenters. The van der Waals surface area contributed by atoms with Crippen molar-refractivity contribution in [3.8, 4) is 5.75 Å². The van der Waals surface area contributed by atoms with Crippen molar-refractivity contribution in [3.05, 3.63) is 18.2 Å². The third-order valence-electron chi connectivity index (χ3n) is 2.94. The molecule has 1 aromatic rings. The predicted octanol–water partition coefficient (Wildman–Crippen LogP) is 2.53. The molecule has 4 nitrogen and oxygen atoms in total. The highest BCUT2D eigenvalue weighted by Crippen LogP contribution is 2.28. The van der Waals surface area contributed by atoms with E-state index in [2.05, 4.69) is 18.7 Å². The number of nitrogens with zero attached hydrogens (tertiary/aromatic N) is 1. The Kier molecular flexibility index (Phi) is 5.78. The van der Waals surface area contributed by atoms with Crippen LogP contribution in [0.1, 0.15) is 20.3 Å². The van der Waals surface area contributed by atoms with Crippen molar-refractivity contribution in [1.82, 2.24) is 0 Å². The van der Waals surface area contributed by atoms with Crippen LogP contribution in [0.25, 0.3) is 0 Å². The zero-order valence-electron chi connectivity index (χ0n) is 11.8. The normalized spacial score (nSPS) is 12.2. The number of nitrogen functional groups attached to an aromatic ring is 1. The maximum atomic E-state index is 5.90. The Morgan fingerprint density at radius 1 is 1.39 bits per heavy atom. The Balaban J connectivity index is 2.82. The van der Waals surface area contributed by atoms with Gasteiger partial charge in [0, 0.05) is 32.0 Å². The quantitative estimate of drug-likeness (QED) is 0.758. The summed E-state index contributed by atoms with van der Waals surface area (Å²) in [7, 11) is 3.75. The monoisotopic (exact) mass is 252 g/mol. The molecular formula is C14H24N2O2. The first-order chi connectivity index (χ1) is 8.60. The Hall–Kier alpha value is -1.42. The number of benzene rings is 1. The summed E-state index contributed by atoms with van der Waals surface area (Å²) in [5.41, 5.74) is 7.66. The van der Waals surface area contributed by atoms with Gasteiger partial charge in [0.05, 0.1) is 18.9 Å². The maximum absolute atomic E-state index is 5.90. The van der Waals surface area contributed by atoms with Crippen LogP contribution >= 0.6 is 0 Å². The second-order valence-electron chi connectivity index (χ2n) is 4.49. The summed E-state index contributed by atoms with van der Waals surface area (Å²) >= 11 is 0. The standard InChI is InChI=1S/C14H24N2O2/c1-5-8-18-14-9-12(6-7-13(14)15)16(3)11(2)10-17-4/h6-7,9,11H,5,8,10,15H2,1-4H3. The molecular weight excluding hydrogens is 228 g/mol. The molecule has 18 heavy (non-hydrogen) atoms. The molecule has 0 aliphatic carbocycles. The number of likely N-dealkylation sites (N-methyl/N-ethyl adjacent to an activating group) is 1. The highest BCUT2D eigenvalue weighted by molar-refractivity contribution is 5.62. The van der Waals surface area contributed by atoms with E-state index in [1.165, 1.54) is 0 Å². The average molecular weight is 252 g/mol. The van der Waals surface area contributed by atoms with Gasteiger partial charge in [-0.1, -0.05) is 6.92 Å². The highest BCUT2D eigenvalue weighted by Gasteiger charge is 2.11. The minimum absolute atomic E-state index is 0.303. The molecule has 2 N–H and O–H groups in total. The van der Waals surface area contributed by atoms with Gasteiger partial charge in [-0.2, -0.15) is 0 Å². The van der Waals surface area contributed by atoms with E-state index in [-0.39, 0.29) is 0 Å². The van der Waals surface area contributed by atoms with Crippen LogP contribution in [0, 0.1) is 0 Å². The lowest BCUT2D eigenvalue weighted by Crippen LogP contribution is -2.32. The minimum atomic E-state index is 0.303. The Bertz CT molecular complexity index is 369. The number of anilines is 2. The number of hydrogen-bond acceptors (Lipinski definition) is 4. The maximum Gasteiger partial charge on any atom is 0.144 e. The number of nitrogens with two attached hydrogens (primary N) is 1. The Labute approximate surface area is 110 Å². The van der Waals surface area contributed by atoms with Crippen molar-refractivity contribution in [2.45, 2.75) is 26.3 Å². The van der Waals surface area contributed by atoms with Gasteiger partial charge in [0.1, 0.15) is 5.75 Å². The van der Waals surface area contributed by atoms with Crippen LogP contribution in [-0.4, -0.2) is 33.4 Å². The number of hydrogen-bond donors (Lipinski definition) is 1. The fourth-order valence-corrected chi connectivity index (χ4v) is 1.69. The van der Waals surface area contributed by atoms with Crippen LogP contribution < -0.4 is 15.4 Å². The zero-order valence-corrected chi connectivity index (χ0v) is 11.8. The molecule has 102 valence electrons. The molecule has 0 amide bonds. The van der Waals surface area contributed by atoms with E-state index < -0.39 is 0 Å². The van der Waals surface area contributed by atoms with Gasteiger partial charge in [0.15, 0.2) is 0 Å². The molecule has 0 saturated carbocycles. The fourth-order valence-electron chi connectivity index (χ4n) is 1.69. The molecule has 0 saturated heterocycles. The zero-order chi connectivity index (χ0) is 13.5. The molecule has 1 rings (SSSR count). The summed E-state index contributed by atoms with van der Waals surface area (Å²) in [6, 6.07) is 6.17. The van der Waals surface area contributed by atoms with Gasteiger partial charge in [0.25, 0.3) is 0 Å². The topological polar surface area (TPSA) is 47.7 Å². The molecule has 0 aliphatic heterocycles. The van der Waals surface area contributed by atoms with E-state index >= 15 is 0 Å². The predicted molar refractivity (Wildman–Crippen MR) is 76.4 cm³/mol. The smallest absolute Gasteiger partial charge is 0.144 e. The van der Waals surface area contributed by atoms with Gasteiger partial charge in [0.2, 0.25) is 0 Å². The molecule has 4 heteroatoms. The molecule has 0 bridgehead atoms. The van der Waals surface area contributed by atoms with Crippen molar-refractivity contribution >= 4 is 11.4 Å². The molecule has 1 atom stereocenters. The lowest BCUT2D eigenvalue weighted by molar-refractivity contribution is 0.183. The summed E-state index contributed by atoms with van der Waals surface area (Å²) in [6.45, 7) is 5.57. The average Bonchev–Trinajstić information content (AvgIpc) is 2.37. The summed E-state index contributed by atoms with van der Waals surface area (Å²) in [6.07, 6.45) is 0.972. The van der Waals surface area contributed by atoms with Crippen molar-refractivity contribution in [3.63, 3.8) is 0 Å². The second kappa shape index (κ2) is 7.11. The lowest BCUT2D eigenvalue weighted by Gasteiger charge is -2.27. The van der Waals surface area contributed by atoms with E-state index in [0.717, 1.165) is 17.9 Å². The van der Waals surface area contributed by atoms with Crippen molar-refractivity contribution in [2.24, 2.45) is 0 Å². The molecule has 0 aliphatic rings. The van der Waals surface area contributed by atoms with Crippen LogP contribution in [0.4, 0.5) is 11.4 Å². The lowest BCUT2D eigenvalue weighted by atomic mass is 10.2. The van der Waals surface area contributed by atoms with Gasteiger partial charge in [-0.3, -0.25) is 0 Å².